The van der Waals surface area contributed by atoms with Gasteiger partial charge < -0.3 is 10.2 Å². The number of aryl methyl sites for hydroxylation is 1. The second-order valence-electron chi connectivity index (χ2n) is 6.44. The van der Waals surface area contributed by atoms with E-state index in [1.807, 2.05) is 0 Å². The number of benzene rings is 1. The van der Waals surface area contributed by atoms with Gasteiger partial charge in [0.05, 0.1) is 0 Å². The van der Waals surface area contributed by atoms with Crippen molar-refractivity contribution in [3.63, 3.8) is 0 Å². The molecule has 0 saturated carbocycles. The Kier molecular flexibility index (Phi) is 4.68. The summed E-state index contributed by atoms with van der Waals surface area (Å²) in [6, 6.07) is 10.0. The smallest absolute Gasteiger partial charge is 0.386 e. The highest BCUT2D eigenvalue weighted by Crippen LogP contribution is 2.33. The zero-order chi connectivity index (χ0) is 22.3. The van der Waals surface area contributed by atoms with Crippen molar-refractivity contribution in [2.24, 2.45) is 12.8 Å². The molecular formula is C19H13F3N6O3. The minimum Gasteiger partial charge on any atom is -0.386 e. The molecule has 31 heavy (non-hydrogen) atoms. The normalized spacial score (nSPS) is 11.6. The van der Waals surface area contributed by atoms with Crippen molar-refractivity contribution in [3.05, 3.63) is 70.5 Å². The first kappa shape index (κ1) is 20.1. The molecule has 0 unspecified atom stereocenters. The van der Waals surface area contributed by atoms with Gasteiger partial charge in [0, 0.05) is 30.4 Å². The molecule has 1 aromatic carbocycles. The van der Waals surface area contributed by atoms with Crippen LogP contribution in [0.2, 0.25) is 0 Å². The number of nitrogens with zero attached hydrogens (tertiary/aromatic N) is 5. The number of rotatable bonds is 4. The first-order valence-electron chi connectivity index (χ1n) is 8.72. The van der Waals surface area contributed by atoms with Crippen LogP contribution >= 0.6 is 0 Å². The number of alkyl halides is 3. The van der Waals surface area contributed by atoms with E-state index in [0.29, 0.717) is 21.9 Å². The van der Waals surface area contributed by atoms with E-state index in [1.165, 1.54) is 31.4 Å². The maximum Gasteiger partial charge on any atom is 0.437 e. The lowest BCUT2D eigenvalue weighted by Gasteiger charge is -2.10. The molecule has 0 aliphatic rings. The lowest BCUT2D eigenvalue weighted by molar-refractivity contribution is -0.142. The van der Waals surface area contributed by atoms with Crippen molar-refractivity contribution < 1.29 is 22.4 Å². The lowest BCUT2D eigenvalue weighted by atomic mass is 10.0. The van der Waals surface area contributed by atoms with E-state index in [9.17, 15) is 22.8 Å². The van der Waals surface area contributed by atoms with Gasteiger partial charge >= 0.3 is 11.9 Å². The molecule has 9 nitrogen and oxygen atoms in total. The zero-order valence-corrected chi connectivity index (χ0v) is 15.8. The third kappa shape index (κ3) is 3.70. The maximum atomic E-state index is 13.6. The monoisotopic (exact) mass is 430 g/mol. The highest BCUT2D eigenvalue weighted by molar-refractivity contribution is 5.99. The van der Waals surface area contributed by atoms with Gasteiger partial charge in [0.25, 0.3) is 5.89 Å². The standard InChI is InChI=1S/C19H13F3N6O3/c1-27-18(30)31-17(26-27)13-8-14(19(20,21)22)28(25-13)15-7-6-10(9-24-15)11-4-2-3-5-12(11)16(23)29/h2-9H,1H3,(H2,23,29). The summed E-state index contributed by atoms with van der Waals surface area (Å²) in [7, 11) is 1.29. The van der Waals surface area contributed by atoms with Gasteiger partial charge in [-0.05, 0) is 23.8 Å². The number of carbonyl (C=O) groups is 1. The van der Waals surface area contributed by atoms with Crippen LogP contribution in [0.1, 0.15) is 16.1 Å². The Morgan fingerprint density at radius 3 is 2.45 bits per heavy atom. The third-order valence-electron chi connectivity index (χ3n) is 4.38. The fraction of sp³-hybridized carbons (Fsp3) is 0.105. The highest BCUT2D eigenvalue weighted by atomic mass is 19.4. The number of amides is 1. The zero-order valence-electron chi connectivity index (χ0n) is 15.8. The van der Waals surface area contributed by atoms with Crippen LogP contribution in [0.25, 0.3) is 28.5 Å². The average Bonchev–Trinajstić information content (AvgIpc) is 3.32. The Balaban J connectivity index is 1.79. The fourth-order valence-electron chi connectivity index (χ4n) is 2.93. The van der Waals surface area contributed by atoms with Gasteiger partial charge in [-0.15, -0.1) is 5.10 Å². The van der Waals surface area contributed by atoms with Gasteiger partial charge in [-0.25, -0.2) is 14.5 Å². The third-order valence-corrected chi connectivity index (χ3v) is 4.38. The number of halogens is 3. The Hall–Kier alpha value is -4.22. The Labute approximate surface area is 171 Å². The van der Waals surface area contributed by atoms with Crippen LogP contribution in [0, 0.1) is 0 Å². The van der Waals surface area contributed by atoms with E-state index < -0.39 is 23.5 Å². The Bertz CT molecular complexity index is 1340. The topological polar surface area (TPSA) is 122 Å². The van der Waals surface area contributed by atoms with Crippen LogP contribution in [-0.4, -0.2) is 30.5 Å². The Morgan fingerprint density at radius 1 is 1.13 bits per heavy atom. The summed E-state index contributed by atoms with van der Waals surface area (Å²) in [5.41, 5.74) is 5.18. The summed E-state index contributed by atoms with van der Waals surface area (Å²) in [5.74, 6) is -1.98. The highest BCUT2D eigenvalue weighted by Gasteiger charge is 2.37. The number of primary amides is 1. The molecule has 158 valence electrons. The summed E-state index contributed by atoms with van der Waals surface area (Å²) in [4.78, 5) is 27.1. The number of nitrogens with two attached hydrogens (primary N) is 1. The molecule has 4 rings (SSSR count). The fourth-order valence-corrected chi connectivity index (χ4v) is 2.93. The van der Waals surface area contributed by atoms with Crippen LogP contribution in [-0.2, 0) is 13.2 Å². The molecule has 3 heterocycles. The molecule has 4 aromatic rings. The number of hydrogen-bond donors (Lipinski definition) is 1. The van der Waals surface area contributed by atoms with Gasteiger partial charge in [0.15, 0.2) is 17.2 Å². The van der Waals surface area contributed by atoms with Crippen molar-refractivity contribution in [2.75, 3.05) is 0 Å². The maximum absolute atomic E-state index is 13.6. The van der Waals surface area contributed by atoms with Gasteiger partial charge in [-0.1, -0.05) is 18.2 Å². The van der Waals surface area contributed by atoms with E-state index in [-0.39, 0.29) is 23.0 Å². The summed E-state index contributed by atoms with van der Waals surface area (Å²) >= 11 is 0. The Morgan fingerprint density at radius 2 is 1.87 bits per heavy atom. The molecule has 0 spiro atoms. The largest absolute Gasteiger partial charge is 0.437 e. The summed E-state index contributed by atoms with van der Waals surface area (Å²) in [5, 5.41) is 7.59. The second kappa shape index (κ2) is 7.23. The van der Waals surface area contributed by atoms with E-state index in [2.05, 4.69) is 15.2 Å². The van der Waals surface area contributed by atoms with Crippen LogP contribution in [0.5, 0.6) is 0 Å². The quantitative estimate of drug-likeness (QED) is 0.531. The van der Waals surface area contributed by atoms with Gasteiger partial charge in [-0.2, -0.15) is 23.0 Å². The molecule has 12 heteroatoms. The van der Waals surface area contributed by atoms with Crippen LogP contribution in [0.3, 0.4) is 0 Å². The molecule has 0 atom stereocenters. The first-order chi connectivity index (χ1) is 14.6. The SMILES string of the molecule is Cn1nc(-c2cc(C(F)(F)F)n(-c3ccc(-c4ccccc4C(N)=O)cn3)n2)oc1=O. The number of aromatic nitrogens is 5. The summed E-state index contributed by atoms with van der Waals surface area (Å²) < 4.78 is 47.0. The molecule has 0 saturated heterocycles. The molecule has 0 radical (unpaired) electrons. The summed E-state index contributed by atoms with van der Waals surface area (Å²) in [6.45, 7) is 0. The summed E-state index contributed by atoms with van der Waals surface area (Å²) in [6.07, 6.45) is -3.46. The van der Waals surface area contributed by atoms with Crippen molar-refractivity contribution >= 4 is 5.91 Å². The number of carbonyl (C=O) groups excluding carboxylic acids is 1. The van der Waals surface area contributed by atoms with Crippen LogP contribution in [0.4, 0.5) is 13.2 Å². The molecule has 0 bridgehead atoms. The van der Waals surface area contributed by atoms with Crippen molar-refractivity contribution in [1.29, 1.82) is 0 Å². The molecule has 0 aliphatic heterocycles. The first-order valence-corrected chi connectivity index (χ1v) is 8.72. The second-order valence-corrected chi connectivity index (χ2v) is 6.44. The number of hydrogen-bond acceptors (Lipinski definition) is 6. The molecule has 0 fully saturated rings. The van der Waals surface area contributed by atoms with Crippen molar-refractivity contribution in [3.8, 4) is 28.5 Å². The average molecular weight is 430 g/mol. The van der Waals surface area contributed by atoms with Crippen molar-refractivity contribution in [1.82, 2.24) is 24.5 Å². The molecule has 3 aromatic heterocycles. The van der Waals surface area contributed by atoms with Gasteiger partial charge in [0.1, 0.15) is 0 Å². The molecule has 1 amide bonds. The molecular weight excluding hydrogens is 417 g/mol. The van der Waals surface area contributed by atoms with Crippen LogP contribution < -0.4 is 11.5 Å². The minimum atomic E-state index is -4.76. The van der Waals surface area contributed by atoms with E-state index in [0.717, 1.165) is 4.68 Å². The van der Waals surface area contributed by atoms with Gasteiger partial charge in [0.2, 0.25) is 5.91 Å². The van der Waals surface area contributed by atoms with E-state index in [4.69, 9.17) is 10.2 Å². The van der Waals surface area contributed by atoms with Gasteiger partial charge in [-0.3, -0.25) is 4.79 Å². The predicted octanol–water partition coefficient (Wildman–Crippen LogP) is 2.41. The minimum absolute atomic E-state index is 0.142. The molecule has 0 aliphatic carbocycles. The van der Waals surface area contributed by atoms with Crippen LogP contribution in [0.15, 0.2) is 57.9 Å². The van der Waals surface area contributed by atoms with E-state index in [1.54, 1.807) is 18.2 Å². The number of pyridine rings is 1. The lowest BCUT2D eigenvalue weighted by Crippen LogP contribution is -2.14. The predicted molar refractivity (Wildman–Crippen MR) is 101 cm³/mol. The van der Waals surface area contributed by atoms with E-state index >= 15 is 0 Å². The molecule has 2 N–H and O–H groups in total. The van der Waals surface area contributed by atoms with Crippen molar-refractivity contribution in [2.45, 2.75) is 6.18 Å².